The highest BCUT2D eigenvalue weighted by molar-refractivity contribution is 9.24. The first kappa shape index (κ1) is 14.8. The fraction of sp³-hybridized carbons (Fsp3) is 0.0909. The van der Waals surface area contributed by atoms with E-state index in [-0.39, 0.29) is 15.5 Å². The second kappa shape index (κ2) is 5.83. The Morgan fingerprint density at radius 1 is 1.11 bits per heavy atom. The monoisotopic (exact) mass is 424 g/mol. The van der Waals surface area contributed by atoms with Gasteiger partial charge in [-0.05, 0) is 6.07 Å². The molecule has 0 radical (unpaired) electrons. The van der Waals surface area contributed by atoms with E-state index in [0.29, 0.717) is 26.9 Å². The molecule has 0 bridgehead atoms. The average molecular weight is 427 g/mol. The molecule has 100 valence electrons. The molecule has 0 aliphatic heterocycles. The number of halogens is 4. The van der Waals surface area contributed by atoms with Crippen LogP contribution in [0, 0.1) is 0 Å². The summed E-state index contributed by atoms with van der Waals surface area (Å²) < 4.78 is -0.238. The van der Waals surface area contributed by atoms with Gasteiger partial charge in [0, 0.05) is 11.1 Å². The summed E-state index contributed by atoms with van der Waals surface area (Å²) in [6, 6.07) is 5.27. The Morgan fingerprint density at radius 2 is 1.79 bits per heavy atom. The maximum Gasteiger partial charge on any atom is 0.222 e. The van der Waals surface area contributed by atoms with Gasteiger partial charge in [-0.15, -0.1) is 0 Å². The molecule has 8 heteroatoms. The molecule has 0 saturated carbocycles. The van der Waals surface area contributed by atoms with Gasteiger partial charge in [0.1, 0.15) is 9.55 Å². The number of nitrogen functional groups attached to an aromatic ring is 2. The number of nitrogens with zero attached hydrogens (tertiary/aromatic N) is 2. The zero-order valence-corrected chi connectivity index (χ0v) is 14.1. The van der Waals surface area contributed by atoms with E-state index in [0.717, 1.165) is 0 Å². The van der Waals surface area contributed by atoms with Gasteiger partial charge in [0.25, 0.3) is 0 Å². The Hall–Kier alpha value is -0.560. The van der Waals surface area contributed by atoms with Crippen molar-refractivity contribution in [1.29, 1.82) is 0 Å². The van der Waals surface area contributed by atoms with Crippen molar-refractivity contribution in [3.63, 3.8) is 0 Å². The van der Waals surface area contributed by atoms with Crippen molar-refractivity contribution in [2.24, 2.45) is 0 Å². The molecule has 1 heterocycles. The highest BCUT2D eigenvalue weighted by atomic mass is 79.9. The molecule has 4 N–H and O–H groups in total. The van der Waals surface area contributed by atoms with E-state index < -0.39 is 0 Å². The predicted octanol–water partition coefficient (Wildman–Crippen LogP) is 4.40. The van der Waals surface area contributed by atoms with Gasteiger partial charge >= 0.3 is 0 Å². The highest BCUT2D eigenvalue weighted by Crippen LogP contribution is 2.42. The zero-order valence-electron chi connectivity index (χ0n) is 9.37. The Balaban J connectivity index is 2.78. The van der Waals surface area contributed by atoms with E-state index in [1.165, 1.54) is 0 Å². The van der Waals surface area contributed by atoms with Gasteiger partial charge in [-0.2, -0.15) is 4.98 Å². The summed E-state index contributed by atoms with van der Waals surface area (Å²) in [5.74, 6) is 0.342. The van der Waals surface area contributed by atoms with Gasteiger partial charge in [0.2, 0.25) is 5.95 Å². The van der Waals surface area contributed by atoms with E-state index in [1.807, 2.05) is 0 Å². The fourth-order valence-electron chi connectivity index (χ4n) is 1.65. The van der Waals surface area contributed by atoms with Crippen LogP contribution in [0.2, 0.25) is 10.0 Å². The number of hydrogen-bond acceptors (Lipinski definition) is 4. The average Bonchev–Trinajstić information content (AvgIpc) is 2.32. The fourth-order valence-corrected chi connectivity index (χ4v) is 2.70. The van der Waals surface area contributed by atoms with Crippen LogP contribution in [0.15, 0.2) is 18.2 Å². The summed E-state index contributed by atoms with van der Waals surface area (Å²) in [4.78, 5) is 8.14. The van der Waals surface area contributed by atoms with E-state index in [9.17, 15) is 0 Å². The van der Waals surface area contributed by atoms with Crippen LogP contribution in [0.5, 0.6) is 0 Å². The molecule has 2 rings (SSSR count). The summed E-state index contributed by atoms with van der Waals surface area (Å²) in [6.45, 7) is 0. The topological polar surface area (TPSA) is 77.8 Å². The van der Waals surface area contributed by atoms with Gasteiger partial charge in [-0.1, -0.05) is 67.2 Å². The summed E-state index contributed by atoms with van der Waals surface area (Å²) in [6.07, 6.45) is 0. The van der Waals surface area contributed by atoms with Crippen LogP contribution in [0.1, 0.15) is 9.43 Å². The second-order valence-electron chi connectivity index (χ2n) is 3.63. The SMILES string of the molecule is Nc1nc(N)c(-c2cccc(Cl)c2Cl)c(C(Br)Br)n1. The van der Waals surface area contributed by atoms with Crippen molar-refractivity contribution in [3.8, 4) is 11.1 Å². The Bertz CT molecular complexity index is 634. The summed E-state index contributed by atoms with van der Waals surface area (Å²) >= 11 is 19.0. The number of rotatable bonds is 2. The van der Waals surface area contributed by atoms with Gasteiger partial charge in [0.05, 0.1) is 15.7 Å². The minimum atomic E-state index is -0.238. The number of anilines is 2. The van der Waals surface area contributed by atoms with E-state index in [2.05, 4.69) is 41.8 Å². The van der Waals surface area contributed by atoms with E-state index in [1.54, 1.807) is 18.2 Å². The van der Waals surface area contributed by atoms with Crippen LogP contribution >= 0.6 is 55.1 Å². The number of alkyl halides is 2. The first-order chi connectivity index (χ1) is 8.91. The van der Waals surface area contributed by atoms with Crippen molar-refractivity contribution in [1.82, 2.24) is 9.97 Å². The van der Waals surface area contributed by atoms with Crippen molar-refractivity contribution < 1.29 is 0 Å². The minimum absolute atomic E-state index is 0.0956. The lowest BCUT2D eigenvalue weighted by molar-refractivity contribution is 1.12. The number of benzene rings is 1. The van der Waals surface area contributed by atoms with Crippen LogP contribution in [0.3, 0.4) is 0 Å². The Morgan fingerprint density at radius 3 is 2.42 bits per heavy atom. The molecular formula is C11H8Br2Cl2N4. The number of hydrogen-bond donors (Lipinski definition) is 2. The molecule has 0 aliphatic carbocycles. The van der Waals surface area contributed by atoms with Gasteiger partial charge < -0.3 is 11.5 Å². The smallest absolute Gasteiger partial charge is 0.222 e. The minimum Gasteiger partial charge on any atom is -0.383 e. The maximum atomic E-state index is 6.21. The number of aromatic nitrogens is 2. The van der Waals surface area contributed by atoms with Gasteiger partial charge in [0.15, 0.2) is 0 Å². The largest absolute Gasteiger partial charge is 0.383 e. The first-order valence-electron chi connectivity index (χ1n) is 5.07. The third kappa shape index (κ3) is 2.97. The van der Waals surface area contributed by atoms with Crippen molar-refractivity contribution in [2.45, 2.75) is 3.74 Å². The molecule has 0 atom stereocenters. The molecule has 1 aromatic heterocycles. The molecule has 1 aromatic carbocycles. The van der Waals surface area contributed by atoms with Crippen molar-refractivity contribution >= 4 is 66.8 Å². The summed E-state index contributed by atoms with van der Waals surface area (Å²) in [7, 11) is 0. The molecule has 19 heavy (non-hydrogen) atoms. The van der Waals surface area contributed by atoms with Crippen LogP contribution in [0.25, 0.3) is 11.1 Å². The molecule has 2 aromatic rings. The quantitative estimate of drug-likeness (QED) is 0.697. The van der Waals surface area contributed by atoms with Crippen LogP contribution in [-0.4, -0.2) is 9.97 Å². The molecule has 4 nitrogen and oxygen atoms in total. The Labute approximate surface area is 136 Å². The molecule has 0 aliphatic rings. The summed E-state index contributed by atoms with van der Waals surface area (Å²) in [5.41, 5.74) is 13.4. The lowest BCUT2D eigenvalue weighted by atomic mass is 10.0. The first-order valence-corrected chi connectivity index (χ1v) is 7.66. The normalized spacial score (nSPS) is 11.0. The van der Waals surface area contributed by atoms with Crippen molar-refractivity contribution in [2.75, 3.05) is 11.5 Å². The third-order valence-electron chi connectivity index (χ3n) is 2.41. The maximum absolute atomic E-state index is 6.21. The van der Waals surface area contributed by atoms with Crippen molar-refractivity contribution in [3.05, 3.63) is 33.9 Å². The zero-order chi connectivity index (χ0) is 14.2. The van der Waals surface area contributed by atoms with Crippen LogP contribution in [-0.2, 0) is 0 Å². The van der Waals surface area contributed by atoms with Gasteiger partial charge in [-0.25, -0.2) is 4.98 Å². The highest BCUT2D eigenvalue weighted by Gasteiger charge is 2.20. The molecule has 0 saturated heterocycles. The molecular weight excluding hydrogens is 419 g/mol. The molecule has 0 amide bonds. The Kier molecular flexibility index (Phi) is 4.55. The van der Waals surface area contributed by atoms with Crippen LogP contribution < -0.4 is 11.5 Å². The standard InChI is InChI=1S/C11H8Br2Cl2N4/c12-9(13)8-6(10(16)19-11(17)18-8)4-2-1-3-5(14)7(4)15/h1-3,9H,(H4,16,17,18,19). The number of nitrogens with two attached hydrogens (primary N) is 2. The van der Waals surface area contributed by atoms with Gasteiger partial charge in [-0.3, -0.25) is 0 Å². The third-order valence-corrected chi connectivity index (χ3v) is 4.10. The molecule has 0 spiro atoms. The predicted molar refractivity (Wildman–Crippen MR) is 86.9 cm³/mol. The second-order valence-corrected chi connectivity index (χ2v) is 7.47. The van der Waals surface area contributed by atoms with Crippen LogP contribution in [0.4, 0.5) is 11.8 Å². The lowest BCUT2D eigenvalue weighted by Gasteiger charge is -2.14. The summed E-state index contributed by atoms with van der Waals surface area (Å²) in [5, 5.41) is 0.827. The molecule has 0 unspecified atom stereocenters. The van der Waals surface area contributed by atoms with E-state index >= 15 is 0 Å². The molecule has 0 fully saturated rings. The lowest BCUT2D eigenvalue weighted by Crippen LogP contribution is -2.06. The van der Waals surface area contributed by atoms with E-state index in [4.69, 9.17) is 34.7 Å².